The van der Waals surface area contributed by atoms with Gasteiger partial charge in [-0.2, -0.15) is 0 Å². The number of piperidine rings is 1. The summed E-state index contributed by atoms with van der Waals surface area (Å²) in [5.41, 5.74) is 2.79. The number of aromatic nitrogens is 1. The van der Waals surface area contributed by atoms with E-state index in [2.05, 4.69) is 16.3 Å². The average molecular weight is 472 g/mol. The van der Waals surface area contributed by atoms with Gasteiger partial charge in [-0.15, -0.1) is 0 Å². The summed E-state index contributed by atoms with van der Waals surface area (Å²) >= 11 is 6.32. The molecule has 0 saturated carbocycles. The molecule has 7 nitrogen and oxygen atoms in total. The number of rotatable bonds is 8. The molecule has 33 heavy (non-hydrogen) atoms. The lowest BCUT2D eigenvalue weighted by atomic mass is 10.1. The molecule has 2 N–H and O–H groups in total. The van der Waals surface area contributed by atoms with Crippen molar-refractivity contribution in [1.29, 1.82) is 0 Å². The topological polar surface area (TPSA) is 76.1 Å². The van der Waals surface area contributed by atoms with E-state index in [0.717, 1.165) is 52.3 Å². The van der Waals surface area contributed by atoms with E-state index in [-0.39, 0.29) is 6.10 Å². The van der Waals surface area contributed by atoms with Crippen LogP contribution in [0.1, 0.15) is 24.0 Å². The molecule has 0 aliphatic carbocycles. The Morgan fingerprint density at radius 3 is 2.52 bits per heavy atom. The Kier molecular flexibility index (Phi) is 7.42. The van der Waals surface area contributed by atoms with Gasteiger partial charge in [-0.3, -0.25) is 0 Å². The van der Waals surface area contributed by atoms with Crippen molar-refractivity contribution in [1.82, 2.24) is 10.3 Å². The van der Waals surface area contributed by atoms with Crippen molar-refractivity contribution in [3.8, 4) is 17.2 Å². The lowest BCUT2D eigenvalue weighted by Gasteiger charge is -2.32. The van der Waals surface area contributed by atoms with E-state index in [9.17, 15) is 5.11 Å². The molecule has 2 aromatic carbocycles. The smallest absolute Gasteiger partial charge is 0.204 e. The van der Waals surface area contributed by atoms with Gasteiger partial charge >= 0.3 is 0 Å². The molecular weight excluding hydrogens is 442 g/mol. The minimum atomic E-state index is -0.361. The molecule has 1 aromatic heterocycles. The van der Waals surface area contributed by atoms with Crippen molar-refractivity contribution >= 4 is 28.3 Å². The summed E-state index contributed by atoms with van der Waals surface area (Å²) < 4.78 is 16.8. The number of nitrogens with zero attached hydrogens (tertiary/aromatic N) is 2. The second kappa shape index (κ2) is 10.5. The van der Waals surface area contributed by atoms with Crippen LogP contribution in [-0.4, -0.2) is 50.6 Å². The summed E-state index contributed by atoms with van der Waals surface area (Å²) in [7, 11) is 4.80. The first-order valence-electron chi connectivity index (χ1n) is 11.1. The summed E-state index contributed by atoms with van der Waals surface area (Å²) in [6.45, 7) is 2.61. The third-order valence-electron chi connectivity index (χ3n) is 5.96. The second-order valence-electron chi connectivity index (χ2n) is 8.12. The van der Waals surface area contributed by atoms with Crippen LogP contribution < -0.4 is 24.4 Å². The highest BCUT2D eigenvalue weighted by Crippen LogP contribution is 2.44. The van der Waals surface area contributed by atoms with Crippen molar-refractivity contribution in [2.24, 2.45) is 0 Å². The maximum absolute atomic E-state index is 10.3. The summed E-state index contributed by atoms with van der Waals surface area (Å²) in [6.07, 6.45) is 1.37. The Labute approximate surface area is 199 Å². The second-order valence-corrected chi connectivity index (χ2v) is 8.53. The van der Waals surface area contributed by atoms with Gasteiger partial charge in [-0.1, -0.05) is 29.8 Å². The zero-order valence-corrected chi connectivity index (χ0v) is 20.0. The molecule has 2 heterocycles. The van der Waals surface area contributed by atoms with Crippen molar-refractivity contribution in [2.75, 3.05) is 39.3 Å². The number of β-amino-alcohol motifs (C(OH)–C–C–N with tert-alkyl or cyclic N) is 1. The maximum Gasteiger partial charge on any atom is 0.204 e. The molecule has 8 heteroatoms. The van der Waals surface area contributed by atoms with Crippen LogP contribution in [0.3, 0.4) is 0 Å². The lowest BCUT2D eigenvalue weighted by Crippen LogP contribution is -2.39. The van der Waals surface area contributed by atoms with E-state index in [1.54, 1.807) is 21.3 Å². The monoisotopic (exact) mass is 471 g/mol. The van der Waals surface area contributed by atoms with Gasteiger partial charge in [0.1, 0.15) is 5.82 Å². The minimum Gasteiger partial charge on any atom is -0.493 e. The quantitative estimate of drug-likeness (QED) is 0.510. The van der Waals surface area contributed by atoms with Gasteiger partial charge in [0.05, 0.1) is 33.0 Å². The van der Waals surface area contributed by atoms with Crippen LogP contribution in [0.2, 0.25) is 5.02 Å². The number of anilines is 1. The minimum absolute atomic E-state index is 0.361. The fourth-order valence-electron chi connectivity index (χ4n) is 4.35. The summed E-state index contributed by atoms with van der Waals surface area (Å²) in [4.78, 5) is 7.16. The van der Waals surface area contributed by atoms with Crippen LogP contribution in [-0.2, 0) is 13.1 Å². The van der Waals surface area contributed by atoms with Crippen LogP contribution >= 0.6 is 11.6 Å². The SMILES string of the molecule is COc1cc2nc(N3CCCC(O)C3)c(CNCc3ccccc3Cl)cc2c(OC)c1OC. The number of benzene rings is 2. The molecule has 0 radical (unpaired) electrons. The number of halogens is 1. The zero-order chi connectivity index (χ0) is 23.4. The first-order valence-corrected chi connectivity index (χ1v) is 11.4. The van der Waals surface area contributed by atoms with Crippen LogP contribution in [0.25, 0.3) is 10.9 Å². The predicted octanol–water partition coefficient (Wildman–Crippen LogP) is 4.16. The number of hydrogen-bond acceptors (Lipinski definition) is 7. The van der Waals surface area contributed by atoms with Crippen LogP contribution in [0.5, 0.6) is 17.2 Å². The molecule has 1 aliphatic heterocycles. The standard InChI is InChI=1S/C25H30ClN3O4/c1-31-22-12-21-19(23(32-2)24(22)33-3)11-17(14-27-13-16-7-4-5-9-20(16)26)25(28-21)29-10-6-8-18(30)15-29/h4-5,7,9,11-12,18,27,30H,6,8,10,13-15H2,1-3H3. The number of fused-ring (bicyclic) bond motifs is 1. The number of hydrogen-bond donors (Lipinski definition) is 2. The van der Waals surface area contributed by atoms with E-state index in [1.807, 2.05) is 30.3 Å². The highest BCUT2D eigenvalue weighted by Gasteiger charge is 2.24. The highest BCUT2D eigenvalue weighted by molar-refractivity contribution is 6.31. The van der Waals surface area contributed by atoms with Crippen molar-refractivity contribution in [3.63, 3.8) is 0 Å². The van der Waals surface area contributed by atoms with Gasteiger partial charge in [0.15, 0.2) is 11.5 Å². The van der Waals surface area contributed by atoms with Crippen LogP contribution in [0.4, 0.5) is 5.82 Å². The average Bonchev–Trinajstić information content (AvgIpc) is 2.83. The molecule has 1 unspecified atom stereocenters. The first kappa shape index (κ1) is 23.4. The fraction of sp³-hybridized carbons (Fsp3) is 0.400. The van der Waals surface area contributed by atoms with E-state index >= 15 is 0 Å². The number of ether oxygens (including phenoxy) is 3. The van der Waals surface area contributed by atoms with E-state index < -0.39 is 0 Å². The normalized spacial score (nSPS) is 16.2. The van der Waals surface area contributed by atoms with E-state index in [0.29, 0.717) is 36.9 Å². The number of pyridine rings is 1. The maximum atomic E-state index is 10.3. The highest BCUT2D eigenvalue weighted by atomic mass is 35.5. The molecule has 1 fully saturated rings. The van der Waals surface area contributed by atoms with Gasteiger partial charge < -0.3 is 29.5 Å². The summed E-state index contributed by atoms with van der Waals surface area (Å²) in [6, 6.07) is 11.7. The van der Waals surface area contributed by atoms with Gasteiger partial charge in [-0.25, -0.2) is 4.98 Å². The largest absolute Gasteiger partial charge is 0.493 e. The number of nitrogens with one attached hydrogen (secondary N) is 1. The fourth-order valence-corrected chi connectivity index (χ4v) is 4.55. The Balaban J connectivity index is 1.75. The van der Waals surface area contributed by atoms with Gasteiger partial charge in [-0.05, 0) is 30.5 Å². The van der Waals surface area contributed by atoms with Crippen LogP contribution in [0.15, 0.2) is 36.4 Å². The number of aliphatic hydroxyl groups excluding tert-OH is 1. The zero-order valence-electron chi connectivity index (χ0n) is 19.2. The predicted molar refractivity (Wildman–Crippen MR) is 131 cm³/mol. The molecular formula is C25H30ClN3O4. The number of aliphatic hydroxyl groups is 1. The Morgan fingerprint density at radius 2 is 1.82 bits per heavy atom. The lowest BCUT2D eigenvalue weighted by molar-refractivity contribution is 0.154. The molecule has 176 valence electrons. The Morgan fingerprint density at radius 1 is 1.06 bits per heavy atom. The third-order valence-corrected chi connectivity index (χ3v) is 6.33. The van der Waals surface area contributed by atoms with Crippen molar-refractivity contribution < 1.29 is 19.3 Å². The molecule has 0 amide bonds. The van der Waals surface area contributed by atoms with Gasteiger partial charge in [0.2, 0.25) is 5.75 Å². The van der Waals surface area contributed by atoms with Crippen molar-refractivity contribution in [2.45, 2.75) is 32.0 Å². The Hall–Kier alpha value is -2.74. The molecule has 0 spiro atoms. The number of methoxy groups -OCH3 is 3. The first-order chi connectivity index (χ1) is 16.0. The molecule has 0 bridgehead atoms. The molecule has 1 aliphatic rings. The van der Waals surface area contributed by atoms with Gasteiger partial charge in [0, 0.05) is 48.2 Å². The molecule has 3 aromatic rings. The summed E-state index contributed by atoms with van der Waals surface area (Å²) in [5, 5.41) is 15.3. The van der Waals surface area contributed by atoms with E-state index in [4.69, 9.17) is 30.8 Å². The van der Waals surface area contributed by atoms with E-state index in [1.165, 1.54) is 0 Å². The molecule has 1 atom stereocenters. The van der Waals surface area contributed by atoms with Crippen molar-refractivity contribution in [3.05, 3.63) is 52.5 Å². The third kappa shape index (κ3) is 4.95. The van der Waals surface area contributed by atoms with Crippen LogP contribution in [0, 0.1) is 0 Å². The molecule has 4 rings (SSSR count). The van der Waals surface area contributed by atoms with Gasteiger partial charge in [0.25, 0.3) is 0 Å². The summed E-state index contributed by atoms with van der Waals surface area (Å²) in [5.74, 6) is 2.52. The Bertz CT molecular complexity index is 1120. The molecule has 1 saturated heterocycles.